The second-order valence-electron chi connectivity index (χ2n) is 4.90. The summed E-state index contributed by atoms with van der Waals surface area (Å²) in [4.78, 5) is 11.2. The van der Waals surface area contributed by atoms with Crippen molar-refractivity contribution >= 4 is 5.78 Å². The van der Waals surface area contributed by atoms with Crippen molar-refractivity contribution in [3.63, 3.8) is 0 Å². The Morgan fingerprint density at radius 2 is 1.29 bits per heavy atom. The Bertz CT molecular complexity index is 194. The van der Waals surface area contributed by atoms with Crippen LogP contribution in [-0.2, 0) is 4.79 Å². The number of allylic oxidation sites excluding steroid dienone is 2. The molecular formula is C16H30O. The first-order valence-electron chi connectivity index (χ1n) is 7.46. The first kappa shape index (κ1) is 16.4. The normalized spacial score (nSPS) is 11.2. The van der Waals surface area contributed by atoms with Crippen molar-refractivity contribution in [3.05, 3.63) is 12.2 Å². The molecule has 0 unspecified atom stereocenters. The molecule has 0 aliphatic carbocycles. The summed E-state index contributed by atoms with van der Waals surface area (Å²) in [6.45, 7) is 4.16. The molecule has 0 radical (unpaired) electrons. The van der Waals surface area contributed by atoms with Gasteiger partial charge in [0.1, 0.15) is 0 Å². The van der Waals surface area contributed by atoms with Crippen molar-refractivity contribution in [2.45, 2.75) is 84.5 Å². The summed E-state index contributed by atoms with van der Waals surface area (Å²) in [5.41, 5.74) is 0. The Kier molecular flexibility index (Phi) is 13.0. The highest BCUT2D eigenvalue weighted by Gasteiger charge is 1.96. The molecule has 0 aromatic rings. The number of carbonyl (C=O) groups excluding carboxylic acids is 1. The summed E-state index contributed by atoms with van der Waals surface area (Å²) in [5, 5.41) is 0. The van der Waals surface area contributed by atoms with Crippen LogP contribution in [0.1, 0.15) is 84.5 Å². The fourth-order valence-electron chi connectivity index (χ4n) is 2.06. The summed E-state index contributed by atoms with van der Waals surface area (Å²) in [5.74, 6) is 0.284. The van der Waals surface area contributed by atoms with Crippen LogP contribution in [0.5, 0.6) is 0 Å². The van der Waals surface area contributed by atoms with E-state index in [9.17, 15) is 4.79 Å². The lowest BCUT2D eigenvalue weighted by Gasteiger charge is -2.01. The molecule has 0 heterocycles. The number of hydrogen-bond acceptors (Lipinski definition) is 1. The first-order valence-corrected chi connectivity index (χ1v) is 7.46. The van der Waals surface area contributed by atoms with Gasteiger partial charge in [0.05, 0.1) is 0 Å². The van der Waals surface area contributed by atoms with Crippen molar-refractivity contribution in [2.24, 2.45) is 0 Å². The highest BCUT2D eigenvalue weighted by molar-refractivity contribution is 5.89. The van der Waals surface area contributed by atoms with E-state index in [-0.39, 0.29) is 5.78 Å². The largest absolute Gasteiger partial charge is 0.295 e. The molecule has 1 heteroatoms. The number of carbonyl (C=O) groups is 1. The molecule has 0 aromatic heterocycles. The van der Waals surface area contributed by atoms with Crippen LogP contribution in [0.3, 0.4) is 0 Å². The van der Waals surface area contributed by atoms with Crippen LogP contribution in [0.15, 0.2) is 12.2 Å². The third-order valence-electron chi connectivity index (χ3n) is 3.13. The molecule has 0 rings (SSSR count). The van der Waals surface area contributed by atoms with Crippen LogP contribution < -0.4 is 0 Å². The topological polar surface area (TPSA) is 17.1 Å². The van der Waals surface area contributed by atoms with Gasteiger partial charge in [-0.2, -0.15) is 0 Å². The molecule has 0 N–H and O–H groups in total. The van der Waals surface area contributed by atoms with Gasteiger partial charge < -0.3 is 0 Å². The van der Waals surface area contributed by atoms with E-state index in [2.05, 4.69) is 6.92 Å². The first-order chi connectivity index (χ1) is 8.31. The van der Waals surface area contributed by atoms with E-state index in [1.54, 1.807) is 6.08 Å². The number of hydrogen-bond donors (Lipinski definition) is 0. The van der Waals surface area contributed by atoms with E-state index in [0.29, 0.717) is 0 Å². The van der Waals surface area contributed by atoms with Crippen LogP contribution in [0.25, 0.3) is 0 Å². The monoisotopic (exact) mass is 238 g/mol. The Hall–Kier alpha value is -0.590. The summed E-state index contributed by atoms with van der Waals surface area (Å²) in [7, 11) is 0. The second kappa shape index (κ2) is 13.5. The smallest absolute Gasteiger partial charge is 0.155 e. The van der Waals surface area contributed by atoms with Gasteiger partial charge in [-0.05, 0) is 19.4 Å². The highest BCUT2D eigenvalue weighted by Crippen LogP contribution is 2.11. The third-order valence-corrected chi connectivity index (χ3v) is 3.13. The predicted molar refractivity (Wildman–Crippen MR) is 76.3 cm³/mol. The minimum Gasteiger partial charge on any atom is -0.295 e. The van der Waals surface area contributed by atoms with Crippen molar-refractivity contribution in [2.75, 3.05) is 0 Å². The predicted octanol–water partition coefficient (Wildman–Crippen LogP) is 5.44. The third kappa shape index (κ3) is 13.3. The molecule has 0 aliphatic heterocycles. The van der Waals surface area contributed by atoms with Gasteiger partial charge in [-0.25, -0.2) is 0 Å². The summed E-state index contributed by atoms with van der Waals surface area (Å²) < 4.78 is 0. The maximum Gasteiger partial charge on any atom is 0.155 e. The van der Waals surface area contributed by atoms with Gasteiger partial charge in [-0.3, -0.25) is 4.79 Å². The molecule has 100 valence electrons. The van der Waals surface area contributed by atoms with E-state index in [1.807, 2.05) is 13.0 Å². The number of unbranched alkanes of at least 4 members (excludes halogenated alkanes) is 9. The maximum atomic E-state index is 11.2. The van der Waals surface area contributed by atoms with Crippen molar-refractivity contribution < 1.29 is 4.79 Å². The van der Waals surface area contributed by atoms with Gasteiger partial charge in [0.2, 0.25) is 0 Å². The maximum absolute atomic E-state index is 11.2. The molecule has 0 saturated heterocycles. The number of ketones is 1. The summed E-state index contributed by atoms with van der Waals surface area (Å²) in [6, 6.07) is 0. The molecule has 17 heavy (non-hydrogen) atoms. The van der Waals surface area contributed by atoms with Crippen molar-refractivity contribution in [3.8, 4) is 0 Å². The molecule has 0 aliphatic rings. The van der Waals surface area contributed by atoms with Crippen molar-refractivity contribution in [1.82, 2.24) is 0 Å². The molecule has 0 aromatic carbocycles. The standard InChI is InChI=1S/C16H30O/c1-3-5-6-7-8-9-10-11-12-13-15-16(17)14-4-2/h4,14H,3,5-13,15H2,1-2H3/b14-4+. The fraction of sp³-hybridized carbons (Fsp3) is 0.812. The van der Waals surface area contributed by atoms with Crippen LogP contribution in [0, 0.1) is 0 Å². The molecule has 0 atom stereocenters. The van der Waals surface area contributed by atoms with E-state index >= 15 is 0 Å². The molecule has 0 saturated carbocycles. The van der Waals surface area contributed by atoms with Crippen molar-refractivity contribution in [1.29, 1.82) is 0 Å². The van der Waals surface area contributed by atoms with Gasteiger partial charge >= 0.3 is 0 Å². The van der Waals surface area contributed by atoms with Crippen LogP contribution in [0.2, 0.25) is 0 Å². The minimum atomic E-state index is 0.284. The van der Waals surface area contributed by atoms with E-state index < -0.39 is 0 Å². The average molecular weight is 238 g/mol. The summed E-state index contributed by atoms with van der Waals surface area (Å²) >= 11 is 0. The van der Waals surface area contributed by atoms with Crippen LogP contribution >= 0.6 is 0 Å². The van der Waals surface area contributed by atoms with Gasteiger partial charge in [0, 0.05) is 6.42 Å². The highest BCUT2D eigenvalue weighted by atomic mass is 16.1. The summed E-state index contributed by atoms with van der Waals surface area (Å²) in [6.07, 6.45) is 17.5. The van der Waals surface area contributed by atoms with Crippen LogP contribution in [0.4, 0.5) is 0 Å². The lowest BCUT2D eigenvalue weighted by Crippen LogP contribution is -1.91. The zero-order chi connectivity index (χ0) is 12.8. The van der Waals surface area contributed by atoms with Crippen LogP contribution in [-0.4, -0.2) is 5.78 Å². The lowest BCUT2D eigenvalue weighted by molar-refractivity contribution is -0.114. The molecule has 0 bridgehead atoms. The lowest BCUT2D eigenvalue weighted by atomic mass is 10.0. The van der Waals surface area contributed by atoms with E-state index in [1.165, 1.54) is 57.8 Å². The zero-order valence-corrected chi connectivity index (χ0v) is 11.8. The second-order valence-corrected chi connectivity index (χ2v) is 4.90. The zero-order valence-electron chi connectivity index (χ0n) is 11.8. The molecule has 1 nitrogen and oxygen atoms in total. The Morgan fingerprint density at radius 1 is 0.824 bits per heavy atom. The Morgan fingerprint density at radius 3 is 1.76 bits per heavy atom. The molecule has 0 spiro atoms. The quantitative estimate of drug-likeness (QED) is 0.327. The Balaban J connectivity index is 3.06. The van der Waals surface area contributed by atoms with E-state index in [0.717, 1.165) is 12.8 Å². The van der Waals surface area contributed by atoms with E-state index in [4.69, 9.17) is 0 Å². The van der Waals surface area contributed by atoms with Gasteiger partial charge in [-0.1, -0.05) is 70.8 Å². The molecule has 0 fully saturated rings. The Labute approximate surface area is 108 Å². The van der Waals surface area contributed by atoms with Gasteiger partial charge in [0.15, 0.2) is 5.78 Å². The minimum absolute atomic E-state index is 0.284. The SMILES string of the molecule is C/C=C/C(=O)CCCCCCCCCCCC. The fourth-order valence-corrected chi connectivity index (χ4v) is 2.06. The molecular weight excluding hydrogens is 208 g/mol. The molecule has 0 amide bonds. The number of rotatable bonds is 12. The van der Waals surface area contributed by atoms with Gasteiger partial charge in [0.25, 0.3) is 0 Å². The van der Waals surface area contributed by atoms with Gasteiger partial charge in [-0.15, -0.1) is 0 Å². The average Bonchev–Trinajstić information content (AvgIpc) is 2.32.